The largest absolute Gasteiger partial charge is 0.462 e. The summed E-state index contributed by atoms with van der Waals surface area (Å²) in [6.07, 6.45) is 99.7. The Bertz CT molecular complexity index is 1830. The monoisotopic (exact) mass is 1130 g/mol. The molecule has 0 spiro atoms. The molecule has 0 aliphatic carbocycles. The van der Waals surface area contributed by atoms with E-state index in [9.17, 15) is 14.4 Å². The molecule has 0 N–H and O–H groups in total. The predicted octanol–water partition coefficient (Wildman–Crippen LogP) is 23.3. The van der Waals surface area contributed by atoms with Gasteiger partial charge in [-0.2, -0.15) is 0 Å². The van der Waals surface area contributed by atoms with Crippen LogP contribution in [0, 0.1) is 0 Å². The van der Waals surface area contributed by atoms with Gasteiger partial charge in [-0.1, -0.05) is 275 Å². The van der Waals surface area contributed by atoms with Gasteiger partial charge >= 0.3 is 17.9 Å². The van der Waals surface area contributed by atoms with Gasteiger partial charge in [0.15, 0.2) is 6.10 Å². The second kappa shape index (κ2) is 68.5. The van der Waals surface area contributed by atoms with E-state index in [1.807, 2.05) is 0 Å². The molecule has 0 saturated carbocycles. The van der Waals surface area contributed by atoms with E-state index in [1.54, 1.807) is 0 Å². The molecule has 0 aliphatic heterocycles. The Hall–Kier alpha value is -4.97. The highest BCUT2D eigenvalue weighted by Gasteiger charge is 2.19. The zero-order chi connectivity index (χ0) is 59.2. The van der Waals surface area contributed by atoms with E-state index in [-0.39, 0.29) is 37.5 Å². The Morgan fingerprint density at radius 2 is 0.476 bits per heavy atom. The highest BCUT2D eigenvalue weighted by molar-refractivity contribution is 5.71. The lowest BCUT2D eigenvalue weighted by atomic mass is 10.0. The third kappa shape index (κ3) is 65.8. The zero-order valence-corrected chi connectivity index (χ0v) is 52.9. The molecule has 0 fully saturated rings. The highest BCUT2D eigenvalue weighted by Crippen LogP contribution is 2.15. The third-order valence-electron chi connectivity index (χ3n) is 13.7. The molecule has 0 rings (SSSR count). The van der Waals surface area contributed by atoms with E-state index in [4.69, 9.17) is 14.2 Å². The number of ether oxygens (including phenoxy) is 3. The maximum absolute atomic E-state index is 12.9. The first-order valence-corrected chi connectivity index (χ1v) is 33.5. The minimum absolute atomic E-state index is 0.104. The molecule has 0 aromatic heterocycles. The third-order valence-corrected chi connectivity index (χ3v) is 13.7. The van der Waals surface area contributed by atoms with E-state index >= 15 is 0 Å². The maximum Gasteiger partial charge on any atom is 0.306 e. The maximum atomic E-state index is 12.9. The summed E-state index contributed by atoms with van der Waals surface area (Å²) in [4.78, 5) is 38.3. The number of hydrogen-bond acceptors (Lipinski definition) is 6. The predicted molar refractivity (Wildman–Crippen MR) is 357 cm³/mol. The first kappa shape index (κ1) is 77.0. The fourth-order valence-electron chi connectivity index (χ4n) is 8.80. The van der Waals surface area contributed by atoms with Gasteiger partial charge in [0.2, 0.25) is 0 Å². The van der Waals surface area contributed by atoms with E-state index in [2.05, 4.69) is 179 Å². The summed E-state index contributed by atoms with van der Waals surface area (Å²) in [5.74, 6) is -0.960. The molecule has 0 radical (unpaired) electrons. The summed E-state index contributed by atoms with van der Waals surface area (Å²) in [6, 6.07) is 0. The number of esters is 3. The Balaban J connectivity index is 4.34. The van der Waals surface area contributed by atoms with Crippen LogP contribution in [-0.4, -0.2) is 37.2 Å². The van der Waals surface area contributed by atoms with Crippen LogP contribution in [-0.2, 0) is 28.6 Å². The summed E-state index contributed by atoms with van der Waals surface area (Å²) in [5.41, 5.74) is 0. The van der Waals surface area contributed by atoms with E-state index in [0.29, 0.717) is 19.3 Å². The van der Waals surface area contributed by atoms with Crippen LogP contribution in [0.4, 0.5) is 0 Å². The number of rotatable bonds is 59. The summed E-state index contributed by atoms with van der Waals surface area (Å²) in [6.45, 7) is 6.35. The number of carbonyl (C=O) groups excluding carboxylic acids is 3. The Kier molecular flexibility index (Phi) is 64.4. The second-order valence-corrected chi connectivity index (χ2v) is 21.6. The van der Waals surface area contributed by atoms with Gasteiger partial charge in [0.1, 0.15) is 13.2 Å². The standard InChI is InChI=1S/C76H122O6/c1-4-7-10-13-16-19-22-25-27-29-31-33-34-35-36-37-38-39-40-41-42-44-45-47-49-51-54-57-60-63-66-69-75(78)81-72-73(71-80-74(77)68-65-62-59-56-53-24-21-18-15-12-9-6-3)82-76(79)70-67-64-61-58-55-52-50-48-46-43-32-30-28-26-23-20-17-14-11-8-5-2/h7-8,10-11,16-21,25-28,31-33,35-36,38-39,43,48,50,55,58,73H,4-6,9,12-15,22-24,29-30,34,37,40-42,44-47,49,51-54,56-57,59-72H2,1-3H3/b10-7-,11-8-,19-16-,20-17-,21-18-,27-25-,28-26-,33-31-,36-35-,39-38-,43-32-,50-48-,58-55-. The lowest BCUT2D eigenvalue weighted by Gasteiger charge is -2.18. The molecule has 0 bridgehead atoms. The Morgan fingerprint density at radius 1 is 0.256 bits per heavy atom. The van der Waals surface area contributed by atoms with Crippen molar-refractivity contribution in [3.05, 3.63) is 158 Å². The van der Waals surface area contributed by atoms with Gasteiger partial charge in [0.25, 0.3) is 0 Å². The van der Waals surface area contributed by atoms with Crippen molar-refractivity contribution in [3.8, 4) is 0 Å². The van der Waals surface area contributed by atoms with Crippen molar-refractivity contribution in [2.75, 3.05) is 13.2 Å². The van der Waals surface area contributed by atoms with Crippen LogP contribution in [0.5, 0.6) is 0 Å². The number of unbranched alkanes of at least 4 members (excludes halogenated alkanes) is 22. The van der Waals surface area contributed by atoms with Crippen molar-refractivity contribution in [1.29, 1.82) is 0 Å². The van der Waals surface area contributed by atoms with E-state index < -0.39 is 6.10 Å². The molecule has 1 atom stereocenters. The Labute approximate surface area is 505 Å². The molecular formula is C76H122O6. The van der Waals surface area contributed by atoms with Gasteiger partial charge in [-0.25, -0.2) is 0 Å². The summed E-state index contributed by atoms with van der Waals surface area (Å²) in [5, 5.41) is 0. The van der Waals surface area contributed by atoms with Crippen LogP contribution < -0.4 is 0 Å². The molecule has 1 unspecified atom stereocenters. The molecule has 0 heterocycles. The molecular weight excluding hydrogens is 1010 g/mol. The van der Waals surface area contributed by atoms with Crippen molar-refractivity contribution >= 4 is 17.9 Å². The van der Waals surface area contributed by atoms with E-state index in [1.165, 1.54) is 96.3 Å². The normalized spacial score (nSPS) is 13.2. The molecule has 6 nitrogen and oxygen atoms in total. The average molecular weight is 1130 g/mol. The molecule has 462 valence electrons. The summed E-state index contributed by atoms with van der Waals surface area (Å²) < 4.78 is 16.9. The first-order chi connectivity index (χ1) is 40.5. The van der Waals surface area contributed by atoms with Gasteiger partial charge in [-0.15, -0.1) is 0 Å². The van der Waals surface area contributed by atoms with Crippen molar-refractivity contribution in [3.63, 3.8) is 0 Å². The van der Waals surface area contributed by atoms with Crippen LogP contribution >= 0.6 is 0 Å². The smallest absolute Gasteiger partial charge is 0.306 e. The van der Waals surface area contributed by atoms with Crippen molar-refractivity contribution in [2.24, 2.45) is 0 Å². The number of carbonyl (C=O) groups is 3. The van der Waals surface area contributed by atoms with Gasteiger partial charge in [0.05, 0.1) is 0 Å². The molecule has 0 aliphatic rings. The zero-order valence-electron chi connectivity index (χ0n) is 52.9. The highest BCUT2D eigenvalue weighted by atomic mass is 16.6. The fourth-order valence-corrected chi connectivity index (χ4v) is 8.80. The van der Waals surface area contributed by atoms with Crippen LogP contribution in [0.3, 0.4) is 0 Å². The van der Waals surface area contributed by atoms with Crippen molar-refractivity contribution in [2.45, 2.75) is 290 Å². The number of hydrogen-bond donors (Lipinski definition) is 0. The van der Waals surface area contributed by atoms with E-state index in [0.717, 1.165) is 141 Å². The summed E-state index contributed by atoms with van der Waals surface area (Å²) >= 11 is 0. The van der Waals surface area contributed by atoms with Gasteiger partial charge in [-0.05, 0) is 148 Å². The molecule has 0 aromatic rings. The average Bonchev–Trinajstić information content (AvgIpc) is 3.47. The minimum Gasteiger partial charge on any atom is -0.462 e. The molecule has 0 amide bonds. The van der Waals surface area contributed by atoms with Gasteiger partial charge in [0, 0.05) is 19.3 Å². The quantitative estimate of drug-likeness (QED) is 0.0261. The van der Waals surface area contributed by atoms with Gasteiger partial charge < -0.3 is 14.2 Å². The van der Waals surface area contributed by atoms with Crippen molar-refractivity contribution in [1.82, 2.24) is 0 Å². The van der Waals surface area contributed by atoms with Crippen LogP contribution in [0.2, 0.25) is 0 Å². The second-order valence-electron chi connectivity index (χ2n) is 21.6. The van der Waals surface area contributed by atoms with Gasteiger partial charge in [-0.3, -0.25) is 14.4 Å². The first-order valence-electron chi connectivity index (χ1n) is 33.5. The van der Waals surface area contributed by atoms with Crippen LogP contribution in [0.1, 0.15) is 284 Å². The minimum atomic E-state index is -0.813. The SMILES string of the molecule is CC/C=C\C/C=C\C/C=C\C/C=C\C/C=C\C/C=C\CCCCCCCCCCCCCCC(=O)OCC(COC(=O)CCCCCCC/C=C\CCCCC)OC(=O)CCCC/C=C\C/C=C\C/C=C\C/C=C\C/C=C\C/C=C\CC. The molecule has 82 heavy (non-hydrogen) atoms. The molecule has 0 saturated heterocycles. The van der Waals surface area contributed by atoms with Crippen molar-refractivity contribution < 1.29 is 28.6 Å². The lowest BCUT2D eigenvalue weighted by molar-refractivity contribution is -0.167. The fraction of sp³-hybridized carbons (Fsp3) is 0.618. The number of allylic oxidation sites excluding steroid dienone is 26. The van der Waals surface area contributed by atoms with Crippen LogP contribution in [0.15, 0.2) is 158 Å². The summed E-state index contributed by atoms with van der Waals surface area (Å²) in [7, 11) is 0. The molecule has 6 heteroatoms. The Morgan fingerprint density at radius 3 is 0.780 bits per heavy atom. The molecule has 0 aromatic carbocycles. The lowest BCUT2D eigenvalue weighted by Crippen LogP contribution is -2.30. The van der Waals surface area contributed by atoms with Crippen LogP contribution in [0.25, 0.3) is 0 Å². The topological polar surface area (TPSA) is 78.9 Å².